The molecular weight excluding hydrogens is 409 g/mol. The Labute approximate surface area is 176 Å². The Kier molecular flexibility index (Phi) is 5.36. The molecule has 0 saturated carbocycles. The molecule has 1 aromatic carbocycles. The van der Waals surface area contributed by atoms with Crippen LogP contribution in [0.1, 0.15) is 36.1 Å². The molecule has 0 aliphatic carbocycles. The summed E-state index contributed by atoms with van der Waals surface area (Å²) < 4.78 is 43.7. The molecule has 1 amide bonds. The van der Waals surface area contributed by atoms with Gasteiger partial charge in [0, 0.05) is 19.2 Å². The summed E-state index contributed by atoms with van der Waals surface area (Å²) in [4.78, 5) is 27.3. The summed E-state index contributed by atoms with van der Waals surface area (Å²) >= 11 is 0. The molecule has 6 nitrogen and oxygen atoms in total. The fraction of sp³-hybridized carbons (Fsp3) is 0.409. The van der Waals surface area contributed by atoms with Crippen LogP contribution in [-0.2, 0) is 17.5 Å². The molecule has 0 radical (unpaired) electrons. The van der Waals surface area contributed by atoms with Crippen molar-refractivity contribution in [2.24, 2.45) is 0 Å². The largest absolute Gasteiger partial charge is 0.417 e. The number of pyridine rings is 1. The van der Waals surface area contributed by atoms with Crippen LogP contribution in [-0.4, -0.2) is 38.2 Å². The van der Waals surface area contributed by atoms with Crippen LogP contribution in [0.5, 0.6) is 0 Å². The lowest BCUT2D eigenvalue weighted by Crippen LogP contribution is -2.40. The number of hydrogen-bond acceptors (Lipinski definition) is 3. The first kappa shape index (κ1) is 21.1. The van der Waals surface area contributed by atoms with Gasteiger partial charge in [-0.15, -0.1) is 0 Å². The van der Waals surface area contributed by atoms with E-state index in [1.165, 1.54) is 11.6 Å². The van der Waals surface area contributed by atoms with E-state index in [-0.39, 0.29) is 29.2 Å². The lowest BCUT2D eigenvalue weighted by atomic mass is 10.1. The summed E-state index contributed by atoms with van der Waals surface area (Å²) in [5.74, 6) is -0.280. The SMILES string of the molecule is Cc1ccc(-n2nc(C)c3c(C(F)(F)F)cc(=O)n(CC(=O)N4CCCCC4)c32)cc1. The molecule has 2 aromatic heterocycles. The second kappa shape index (κ2) is 7.86. The van der Waals surface area contributed by atoms with E-state index in [2.05, 4.69) is 5.10 Å². The highest BCUT2D eigenvalue weighted by Crippen LogP contribution is 2.36. The van der Waals surface area contributed by atoms with Crippen molar-refractivity contribution in [3.05, 3.63) is 57.5 Å². The molecule has 0 unspecified atom stereocenters. The van der Waals surface area contributed by atoms with Gasteiger partial charge >= 0.3 is 6.18 Å². The predicted molar refractivity (Wildman–Crippen MR) is 110 cm³/mol. The number of hydrogen-bond donors (Lipinski definition) is 0. The van der Waals surface area contributed by atoms with Gasteiger partial charge in [-0.3, -0.25) is 14.2 Å². The zero-order chi connectivity index (χ0) is 22.3. The summed E-state index contributed by atoms with van der Waals surface area (Å²) in [6.07, 6.45) is -1.93. The smallest absolute Gasteiger partial charge is 0.341 e. The fourth-order valence-electron chi connectivity index (χ4n) is 4.08. The minimum Gasteiger partial charge on any atom is -0.341 e. The minimum atomic E-state index is -4.72. The molecule has 164 valence electrons. The number of halogens is 3. The molecule has 0 atom stereocenters. The molecule has 9 heteroatoms. The van der Waals surface area contributed by atoms with Crippen molar-refractivity contribution in [2.45, 2.75) is 45.8 Å². The summed E-state index contributed by atoms with van der Waals surface area (Å²) in [6, 6.07) is 7.64. The third-order valence-corrected chi connectivity index (χ3v) is 5.68. The molecule has 0 spiro atoms. The number of fused-ring (bicyclic) bond motifs is 1. The summed E-state index contributed by atoms with van der Waals surface area (Å²) in [5, 5.41) is 4.15. The van der Waals surface area contributed by atoms with Crippen molar-refractivity contribution in [1.29, 1.82) is 0 Å². The van der Waals surface area contributed by atoms with Crippen LogP contribution < -0.4 is 5.56 Å². The van der Waals surface area contributed by atoms with Crippen molar-refractivity contribution >= 4 is 16.9 Å². The minimum absolute atomic E-state index is 0.0217. The van der Waals surface area contributed by atoms with Gasteiger partial charge < -0.3 is 4.90 Å². The summed E-state index contributed by atoms with van der Waals surface area (Å²) in [7, 11) is 0. The van der Waals surface area contributed by atoms with Crippen LogP contribution in [0.3, 0.4) is 0 Å². The number of alkyl halides is 3. The summed E-state index contributed by atoms with van der Waals surface area (Å²) in [6.45, 7) is 4.22. The topological polar surface area (TPSA) is 60.1 Å². The Morgan fingerprint density at radius 2 is 1.71 bits per heavy atom. The Hall–Kier alpha value is -3.10. The highest BCUT2D eigenvalue weighted by molar-refractivity contribution is 5.86. The molecule has 31 heavy (non-hydrogen) atoms. The van der Waals surface area contributed by atoms with E-state index in [4.69, 9.17) is 0 Å². The van der Waals surface area contributed by atoms with Crippen LogP contribution in [0.15, 0.2) is 35.1 Å². The molecule has 0 N–H and O–H groups in total. The lowest BCUT2D eigenvalue weighted by molar-refractivity contribution is -0.136. The van der Waals surface area contributed by atoms with Crippen molar-refractivity contribution in [2.75, 3.05) is 13.1 Å². The maximum Gasteiger partial charge on any atom is 0.417 e. The standard InChI is InChI=1S/C22H23F3N4O2/c1-14-6-8-16(9-7-14)29-21-20(15(2)26-29)17(22(23,24)25)12-18(30)28(21)13-19(31)27-10-4-3-5-11-27/h6-9,12H,3-5,10-11,13H2,1-2H3. The number of rotatable bonds is 3. The van der Waals surface area contributed by atoms with Gasteiger partial charge in [-0.25, -0.2) is 4.68 Å². The number of benzene rings is 1. The number of likely N-dealkylation sites (tertiary alicyclic amines) is 1. The zero-order valence-corrected chi connectivity index (χ0v) is 17.4. The number of carbonyl (C=O) groups is 1. The monoisotopic (exact) mass is 432 g/mol. The Balaban J connectivity index is 1.94. The van der Waals surface area contributed by atoms with Crippen LogP contribution in [0.2, 0.25) is 0 Å². The van der Waals surface area contributed by atoms with Crippen LogP contribution in [0.25, 0.3) is 16.7 Å². The van der Waals surface area contributed by atoms with Crippen molar-refractivity contribution in [3.63, 3.8) is 0 Å². The normalized spacial score (nSPS) is 14.9. The highest BCUT2D eigenvalue weighted by atomic mass is 19.4. The number of piperidine rings is 1. The summed E-state index contributed by atoms with van der Waals surface area (Å²) in [5.41, 5.74) is -0.302. The van der Waals surface area contributed by atoms with Gasteiger partial charge in [0.05, 0.1) is 22.3 Å². The fourth-order valence-corrected chi connectivity index (χ4v) is 4.08. The number of amides is 1. The van der Waals surface area contributed by atoms with E-state index in [9.17, 15) is 22.8 Å². The van der Waals surface area contributed by atoms with E-state index in [1.807, 2.05) is 19.1 Å². The van der Waals surface area contributed by atoms with Crippen molar-refractivity contribution in [1.82, 2.24) is 19.2 Å². The molecule has 1 aliphatic heterocycles. The van der Waals surface area contributed by atoms with E-state index in [0.717, 1.165) is 29.4 Å². The first-order valence-electron chi connectivity index (χ1n) is 10.2. The maximum atomic E-state index is 13.8. The predicted octanol–water partition coefficient (Wildman–Crippen LogP) is 3.84. The molecule has 1 saturated heterocycles. The average Bonchev–Trinajstić information content (AvgIpc) is 3.07. The highest BCUT2D eigenvalue weighted by Gasteiger charge is 2.36. The number of nitrogens with zero attached hydrogens (tertiary/aromatic N) is 4. The van der Waals surface area contributed by atoms with Gasteiger partial charge in [0.2, 0.25) is 5.91 Å². The van der Waals surface area contributed by atoms with Crippen LogP contribution >= 0.6 is 0 Å². The van der Waals surface area contributed by atoms with Gasteiger partial charge in [0.15, 0.2) is 0 Å². The molecule has 4 rings (SSSR count). The molecule has 1 fully saturated rings. The van der Waals surface area contributed by atoms with Gasteiger partial charge in [-0.1, -0.05) is 17.7 Å². The number of aryl methyl sites for hydroxylation is 2. The molecule has 0 bridgehead atoms. The van der Waals surface area contributed by atoms with E-state index in [0.29, 0.717) is 24.8 Å². The first-order valence-corrected chi connectivity index (χ1v) is 10.2. The second-order valence-electron chi connectivity index (χ2n) is 7.95. The lowest BCUT2D eigenvalue weighted by Gasteiger charge is -2.27. The maximum absolute atomic E-state index is 13.8. The van der Waals surface area contributed by atoms with E-state index >= 15 is 0 Å². The van der Waals surface area contributed by atoms with Crippen molar-refractivity contribution in [3.8, 4) is 5.69 Å². The molecule has 1 aliphatic rings. The van der Waals surface area contributed by atoms with Crippen molar-refractivity contribution < 1.29 is 18.0 Å². The molecule has 3 aromatic rings. The second-order valence-corrected chi connectivity index (χ2v) is 7.95. The quantitative estimate of drug-likeness (QED) is 0.632. The van der Waals surface area contributed by atoms with Gasteiger partial charge in [-0.2, -0.15) is 18.3 Å². The van der Waals surface area contributed by atoms with Gasteiger partial charge in [0.1, 0.15) is 12.2 Å². The number of carbonyl (C=O) groups excluding carboxylic acids is 1. The first-order chi connectivity index (χ1) is 14.7. The molecular formula is C22H23F3N4O2. The van der Waals surface area contributed by atoms with Crippen LogP contribution in [0, 0.1) is 13.8 Å². The van der Waals surface area contributed by atoms with Gasteiger partial charge in [0.25, 0.3) is 5.56 Å². The third-order valence-electron chi connectivity index (χ3n) is 5.68. The average molecular weight is 432 g/mol. The Bertz CT molecular complexity index is 1190. The Morgan fingerprint density at radius 1 is 1.06 bits per heavy atom. The third kappa shape index (κ3) is 3.96. The zero-order valence-electron chi connectivity index (χ0n) is 17.4. The Morgan fingerprint density at radius 3 is 2.32 bits per heavy atom. The molecule has 3 heterocycles. The van der Waals surface area contributed by atoms with E-state index in [1.54, 1.807) is 17.0 Å². The van der Waals surface area contributed by atoms with Gasteiger partial charge in [-0.05, 0) is 45.2 Å². The number of aromatic nitrogens is 3. The van der Waals surface area contributed by atoms with E-state index < -0.39 is 17.3 Å². The van der Waals surface area contributed by atoms with Crippen LogP contribution in [0.4, 0.5) is 13.2 Å².